The summed E-state index contributed by atoms with van der Waals surface area (Å²) in [4.78, 5) is 24.8. The molecule has 0 unspecified atom stereocenters. The molecule has 37 heavy (non-hydrogen) atoms. The molecule has 0 aliphatic carbocycles. The second kappa shape index (κ2) is 11.7. The maximum atomic E-state index is 13.0. The van der Waals surface area contributed by atoms with Gasteiger partial charge >= 0.3 is 0 Å². The van der Waals surface area contributed by atoms with E-state index in [9.17, 15) is 19.1 Å². The van der Waals surface area contributed by atoms with Crippen molar-refractivity contribution < 1.29 is 28.6 Å². The van der Waals surface area contributed by atoms with Crippen LogP contribution in [0.15, 0.2) is 77.9 Å². The Morgan fingerprint density at radius 2 is 1.76 bits per heavy atom. The van der Waals surface area contributed by atoms with Crippen LogP contribution in [0.2, 0.25) is 0 Å². The van der Waals surface area contributed by atoms with E-state index in [0.717, 1.165) is 10.8 Å². The number of phenolic OH excluding ortho intramolecular Hbond substituents is 1. The van der Waals surface area contributed by atoms with E-state index in [1.807, 2.05) is 46.9 Å². The van der Waals surface area contributed by atoms with Gasteiger partial charge in [-0.15, -0.1) is 0 Å². The normalized spacial score (nSPS) is 10.9. The summed E-state index contributed by atoms with van der Waals surface area (Å²) in [6.45, 7) is -0.289. The summed E-state index contributed by atoms with van der Waals surface area (Å²) >= 11 is 2.04. The van der Waals surface area contributed by atoms with Gasteiger partial charge in [-0.25, -0.2) is 9.82 Å². The van der Waals surface area contributed by atoms with E-state index in [4.69, 9.17) is 9.47 Å². The number of carbonyl (C=O) groups is 2. The summed E-state index contributed by atoms with van der Waals surface area (Å²) in [5, 5.41) is 18.5. The van der Waals surface area contributed by atoms with Crippen molar-refractivity contribution in [1.29, 1.82) is 0 Å². The Hall–Kier alpha value is -4.19. The monoisotopic (exact) mass is 613 g/mol. The number of hydrazone groups is 1. The molecule has 188 valence electrons. The van der Waals surface area contributed by atoms with E-state index in [-0.39, 0.29) is 17.9 Å². The fourth-order valence-electron chi connectivity index (χ4n) is 3.46. The molecule has 0 radical (unpaired) electrons. The minimum Gasteiger partial charge on any atom is -0.507 e. The Kier molecular flexibility index (Phi) is 8.18. The number of hydrogen-bond acceptors (Lipinski definition) is 6. The first kappa shape index (κ1) is 25.9. The number of rotatable bonds is 8. The van der Waals surface area contributed by atoms with Crippen molar-refractivity contribution in [3.05, 3.63) is 93.3 Å². The molecule has 0 atom stereocenters. The quantitative estimate of drug-likeness (QED) is 0.146. The zero-order chi connectivity index (χ0) is 26.4. The molecule has 0 aliphatic rings. The number of phenols is 1. The van der Waals surface area contributed by atoms with E-state index in [1.165, 1.54) is 43.7 Å². The van der Waals surface area contributed by atoms with Gasteiger partial charge in [-0.1, -0.05) is 24.3 Å². The molecule has 0 aliphatic heterocycles. The van der Waals surface area contributed by atoms with Gasteiger partial charge in [-0.3, -0.25) is 9.59 Å². The molecule has 0 fully saturated rings. The van der Waals surface area contributed by atoms with Gasteiger partial charge in [0.2, 0.25) is 0 Å². The summed E-state index contributed by atoms with van der Waals surface area (Å²) < 4.78 is 24.7. The Morgan fingerprint density at radius 3 is 2.46 bits per heavy atom. The Balaban J connectivity index is 1.40. The molecule has 0 saturated carbocycles. The predicted octanol–water partition coefficient (Wildman–Crippen LogP) is 5.08. The lowest BCUT2D eigenvalue weighted by atomic mass is 10.1. The average molecular weight is 613 g/mol. The largest absolute Gasteiger partial charge is 0.507 e. The van der Waals surface area contributed by atoms with Gasteiger partial charge in [0, 0.05) is 5.69 Å². The smallest absolute Gasteiger partial charge is 0.275 e. The van der Waals surface area contributed by atoms with Gasteiger partial charge in [0.25, 0.3) is 11.8 Å². The lowest BCUT2D eigenvalue weighted by Crippen LogP contribution is -2.20. The Labute approximate surface area is 225 Å². The second-order valence-corrected chi connectivity index (χ2v) is 8.96. The van der Waals surface area contributed by atoms with Crippen LogP contribution in [0.25, 0.3) is 10.8 Å². The predicted molar refractivity (Wildman–Crippen MR) is 147 cm³/mol. The highest BCUT2D eigenvalue weighted by atomic mass is 127. The third-order valence-corrected chi connectivity index (χ3v) is 6.02. The third kappa shape index (κ3) is 6.53. The zero-order valence-electron chi connectivity index (χ0n) is 19.5. The van der Waals surface area contributed by atoms with Crippen LogP contribution in [0.5, 0.6) is 17.2 Å². The van der Waals surface area contributed by atoms with E-state index in [1.54, 1.807) is 18.2 Å². The van der Waals surface area contributed by atoms with Gasteiger partial charge in [0.05, 0.1) is 22.5 Å². The molecule has 3 N–H and O–H groups in total. The fourth-order valence-corrected chi connectivity index (χ4v) is 4.24. The molecule has 0 saturated heterocycles. The zero-order valence-corrected chi connectivity index (χ0v) is 21.7. The first-order valence-electron chi connectivity index (χ1n) is 10.9. The number of halogens is 2. The van der Waals surface area contributed by atoms with Crippen molar-refractivity contribution in [3.63, 3.8) is 0 Å². The number of fused-ring (bicyclic) bond motifs is 1. The maximum Gasteiger partial charge on any atom is 0.275 e. The fraction of sp³-hybridized carbons (Fsp3) is 0.0741. The molecule has 0 spiro atoms. The highest BCUT2D eigenvalue weighted by Crippen LogP contribution is 2.33. The second-order valence-electron chi connectivity index (χ2n) is 7.79. The van der Waals surface area contributed by atoms with E-state index in [0.29, 0.717) is 26.3 Å². The molecule has 0 bridgehead atoms. The molecule has 4 aromatic carbocycles. The Bertz CT molecular complexity index is 1490. The van der Waals surface area contributed by atoms with Crippen LogP contribution in [0, 0.1) is 9.39 Å². The van der Waals surface area contributed by atoms with Crippen LogP contribution in [-0.2, 0) is 4.79 Å². The molecule has 4 rings (SSSR count). The van der Waals surface area contributed by atoms with Crippen molar-refractivity contribution in [2.75, 3.05) is 19.0 Å². The van der Waals surface area contributed by atoms with Crippen molar-refractivity contribution in [1.82, 2.24) is 5.43 Å². The molecular weight excluding hydrogens is 592 g/mol. The molecule has 8 nitrogen and oxygen atoms in total. The van der Waals surface area contributed by atoms with Crippen molar-refractivity contribution in [2.24, 2.45) is 5.10 Å². The summed E-state index contributed by atoms with van der Waals surface area (Å²) in [5.41, 5.74) is 3.56. The molecular formula is C27H21FIN3O5. The van der Waals surface area contributed by atoms with Crippen LogP contribution < -0.4 is 20.2 Å². The first-order valence-corrected chi connectivity index (χ1v) is 12.0. The molecule has 4 aromatic rings. The van der Waals surface area contributed by atoms with Gasteiger partial charge in [0.1, 0.15) is 11.6 Å². The number of ether oxygens (including phenoxy) is 2. The van der Waals surface area contributed by atoms with Crippen molar-refractivity contribution >= 4 is 57.1 Å². The third-order valence-electron chi connectivity index (χ3n) is 5.22. The van der Waals surface area contributed by atoms with Crippen LogP contribution in [0.3, 0.4) is 0 Å². The van der Waals surface area contributed by atoms with Crippen LogP contribution >= 0.6 is 22.6 Å². The first-order chi connectivity index (χ1) is 17.8. The maximum absolute atomic E-state index is 13.0. The van der Waals surface area contributed by atoms with Crippen LogP contribution in [0.4, 0.5) is 10.1 Å². The van der Waals surface area contributed by atoms with Crippen molar-refractivity contribution in [2.45, 2.75) is 0 Å². The average Bonchev–Trinajstić information content (AvgIpc) is 2.88. The number of aromatic hydroxyl groups is 1. The highest BCUT2D eigenvalue weighted by molar-refractivity contribution is 14.1. The molecule has 0 heterocycles. The van der Waals surface area contributed by atoms with Gasteiger partial charge in [0.15, 0.2) is 18.1 Å². The van der Waals surface area contributed by atoms with E-state index < -0.39 is 17.6 Å². The topological polar surface area (TPSA) is 109 Å². The number of nitrogens with one attached hydrogen (secondary N) is 2. The highest BCUT2D eigenvalue weighted by Gasteiger charge is 2.14. The van der Waals surface area contributed by atoms with Gasteiger partial charge < -0.3 is 19.9 Å². The van der Waals surface area contributed by atoms with Gasteiger partial charge in [-0.2, -0.15) is 5.10 Å². The number of hydrogen-bond donors (Lipinski definition) is 3. The number of benzene rings is 4. The van der Waals surface area contributed by atoms with Gasteiger partial charge in [-0.05, 0) is 87.5 Å². The number of methoxy groups -OCH3 is 1. The van der Waals surface area contributed by atoms with Crippen LogP contribution in [-0.4, -0.2) is 36.9 Å². The SMILES string of the molecule is COc1cc(C=NNC(=O)c2cc3ccccc3cc2O)cc(I)c1OCC(=O)Nc1ccc(F)cc1. The minimum absolute atomic E-state index is 0.102. The van der Waals surface area contributed by atoms with Crippen molar-refractivity contribution in [3.8, 4) is 17.2 Å². The minimum atomic E-state index is -0.562. The lowest BCUT2D eigenvalue weighted by molar-refractivity contribution is -0.118. The van der Waals surface area contributed by atoms with Crippen LogP contribution in [0.1, 0.15) is 15.9 Å². The lowest BCUT2D eigenvalue weighted by Gasteiger charge is -2.13. The Morgan fingerprint density at radius 1 is 1.05 bits per heavy atom. The number of anilines is 1. The number of amides is 2. The standard InChI is InChI=1S/C27H21FIN3O5/c1-36-24-11-16(10-22(29)26(24)37-15-25(34)31-20-8-6-19(28)7-9-20)14-30-32-27(35)21-12-17-4-2-3-5-18(17)13-23(21)33/h2-14,33H,15H2,1H3,(H,31,34)(H,32,35). The molecule has 0 aromatic heterocycles. The molecule has 10 heteroatoms. The summed E-state index contributed by atoms with van der Waals surface area (Å²) in [6, 6.07) is 19.3. The van der Waals surface area contributed by atoms with E-state index in [2.05, 4.69) is 15.8 Å². The molecule has 2 amide bonds. The summed E-state index contributed by atoms with van der Waals surface area (Å²) in [6.07, 6.45) is 1.42. The van der Waals surface area contributed by atoms with E-state index >= 15 is 0 Å². The number of carbonyl (C=O) groups excluding carboxylic acids is 2. The summed E-state index contributed by atoms with van der Waals surface area (Å²) in [7, 11) is 1.46. The number of nitrogens with zero attached hydrogens (tertiary/aromatic N) is 1. The summed E-state index contributed by atoms with van der Waals surface area (Å²) in [5.74, 6) is -0.805.